The number of nitrogens with zero attached hydrogens (tertiary/aromatic N) is 1. The third kappa shape index (κ3) is 3.32. The number of alkyl halides is 3. The Morgan fingerprint density at radius 2 is 2.17 bits per heavy atom. The number of thiazole rings is 1. The van der Waals surface area contributed by atoms with Crippen molar-refractivity contribution in [1.29, 1.82) is 0 Å². The number of hydrogen-bond donors (Lipinski definition) is 1. The summed E-state index contributed by atoms with van der Waals surface area (Å²) in [6, 6.07) is 5.13. The zero-order valence-corrected chi connectivity index (χ0v) is 12.9. The Morgan fingerprint density at radius 1 is 1.39 bits per heavy atom. The second-order valence-electron chi connectivity index (χ2n) is 4.63. The smallest absolute Gasteiger partial charge is 0.427 e. The molecule has 0 aliphatic heterocycles. The van der Waals surface area contributed by atoms with Crippen LogP contribution in [0.2, 0.25) is 5.02 Å². The van der Waals surface area contributed by atoms with Crippen LogP contribution in [0, 0.1) is 0 Å². The van der Waals surface area contributed by atoms with E-state index >= 15 is 0 Å². The molecule has 0 aliphatic carbocycles. The highest BCUT2D eigenvalue weighted by molar-refractivity contribution is 7.15. The Morgan fingerprint density at radius 3 is 2.87 bits per heavy atom. The van der Waals surface area contributed by atoms with Crippen molar-refractivity contribution in [1.82, 2.24) is 4.98 Å². The second-order valence-corrected chi connectivity index (χ2v) is 6.07. The summed E-state index contributed by atoms with van der Waals surface area (Å²) < 4.78 is 42.8. The van der Waals surface area contributed by atoms with Gasteiger partial charge in [0.2, 0.25) is 5.91 Å². The predicted octanol–water partition coefficient (Wildman–Crippen LogP) is 4.74. The Hall–Kier alpha value is -2.06. The van der Waals surface area contributed by atoms with Crippen LogP contribution < -0.4 is 5.32 Å². The fourth-order valence-corrected chi connectivity index (χ4v) is 2.93. The largest absolute Gasteiger partial charge is 0.462 e. The number of benzene rings is 1. The normalized spacial score (nSPS) is 11.8. The van der Waals surface area contributed by atoms with Crippen LogP contribution in [0.1, 0.15) is 10.4 Å². The first kappa shape index (κ1) is 15.8. The van der Waals surface area contributed by atoms with Crippen molar-refractivity contribution < 1.29 is 22.4 Å². The van der Waals surface area contributed by atoms with E-state index in [1.54, 1.807) is 18.2 Å². The highest BCUT2D eigenvalue weighted by Crippen LogP contribution is 2.35. The molecule has 4 nitrogen and oxygen atoms in total. The van der Waals surface area contributed by atoms with Gasteiger partial charge in [0.25, 0.3) is 0 Å². The van der Waals surface area contributed by atoms with Crippen molar-refractivity contribution in [3.63, 3.8) is 0 Å². The third-order valence-corrected chi connectivity index (χ3v) is 4.27. The van der Waals surface area contributed by atoms with E-state index in [1.165, 1.54) is 6.26 Å². The van der Waals surface area contributed by atoms with E-state index < -0.39 is 17.0 Å². The number of hydrogen-bond acceptors (Lipinski definition) is 4. The number of nitrogens with one attached hydrogen (secondary N) is 1. The molecular weight excluding hydrogens is 353 g/mol. The van der Waals surface area contributed by atoms with Gasteiger partial charge in [-0.2, -0.15) is 13.2 Å². The van der Waals surface area contributed by atoms with E-state index in [0.29, 0.717) is 39.1 Å². The van der Waals surface area contributed by atoms with E-state index in [2.05, 4.69) is 10.3 Å². The molecule has 0 atom stereocenters. The summed E-state index contributed by atoms with van der Waals surface area (Å²) in [5.74, 6) is -0.490. The molecule has 0 bridgehead atoms. The zero-order valence-electron chi connectivity index (χ0n) is 11.3. The molecule has 120 valence electrons. The van der Waals surface area contributed by atoms with Gasteiger partial charge in [0.05, 0.1) is 23.9 Å². The van der Waals surface area contributed by atoms with Crippen molar-refractivity contribution in [3.8, 4) is 0 Å². The van der Waals surface area contributed by atoms with Crippen LogP contribution in [0.5, 0.6) is 0 Å². The van der Waals surface area contributed by atoms with Gasteiger partial charge in [0.1, 0.15) is 4.88 Å². The Bertz CT molecular complexity index is 872. The van der Waals surface area contributed by atoms with Gasteiger partial charge in [0, 0.05) is 10.9 Å². The Kier molecular flexibility index (Phi) is 4.03. The number of halogens is 4. The maximum Gasteiger partial charge on any atom is 0.427 e. The molecule has 3 rings (SSSR count). The fraction of sp³-hybridized carbons (Fsp3) is 0.143. The van der Waals surface area contributed by atoms with Crippen molar-refractivity contribution in [2.75, 3.05) is 5.32 Å². The van der Waals surface area contributed by atoms with Crippen LogP contribution in [-0.4, -0.2) is 10.9 Å². The molecule has 0 aliphatic rings. The molecule has 0 unspecified atom stereocenters. The first-order chi connectivity index (χ1) is 10.8. The summed E-state index contributed by atoms with van der Waals surface area (Å²) in [6.07, 6.45) is -2.45. The molecule has 3 aromatic rings. The molecule has 0 radical (unpaired) electrons. The van der Waals surface area contributed by atoms with Crippen molar-refractivity contribution in [2.45, 2.75) is 12.6 Å². The van der Waals surface area contributed by atoms with Gasteiger partial charge in [-0.15, -0.1) is 0 Å². The molecule has 1 amide bonds. The zero-order chi connectivity index (χ0) is 16.6. The monoisotopic (exact) mass is 360 g/mol. The maximum absolute atomic E-state index is 12.5. The average molecular weight is 361 g/mol. The van der Waals surface area contributed by atoms with E-state index in [9.17, 15) is 18.0 Å². The van der Waals surface area contributed by atoms with E-state index in [4.69, 9.17) is 16.0 Å². The van der Waals surface area contributed by atoms with Crippen LogP contribution in [0.25, 0.3) is 11.0 Å². The Balaban J connectivity index is 1.74. The second kappa shape index (κ2) is 5.86. The highest BCUT2D eigenvalue weighted by atomic mass is 35.5. The lowest BCUT2D eigenvalue weighted by Gasteiger charge is -2.01. The van der Waals surface area contributed by atoms with Crippen LogP contribution in [-0.2, 0) is 17.4 Å². The summed E-state index contributed by atoms with van der Waals surface area (Å²) in [7, 11) is 0. The molecule has 0 saturated carbocycles. The summed E-state index contributed by atoms with van der Waals surface area (Å²) in [6.45, 7) is 0. The SMILES string of the molecule is O=C(Cc1coc2c(Cl)cccc12)Nc1ncc(C(F)(F)F)s1. The van der Waals surface area contributed by atoms with Crippen molar-refractivity contribution in [3.05, 3.63) is 46.1 Å². The molecule has 1 N–H and O–H groups in total. The number of rotatable bonds is 3. The minimum atomic E-state index is -4.47. The van der Waals surface area contributed by atoms with Gasteiger partial charge in [-0.25, -0.2) is 4.98 Å². The minimum Gasteiger partial charge on any atom is -0.462 e. The molecule has 0 fully saturated rings. The van der Waals surface area contributed by atoms with E-state index in [0.717, 1.165) is 0 Å². The Labute approximate surface area is 136 Å². The van der Waals surface area contributed by atoms with Gasteiger partial charge in [-0.3, -0.25) is 4.79 Å². The van der Waals surface area contributed by atoms with Crippen LogP contribution in [0.15, 0.2) is 35.1 Å². The summed E-state index contributed by atoms with van der Waals surface area (Å²) in [5, 5.41) is 3.35. The van der Waals surface area contributed by atoms with Crippen molar-refractivity contribution in [2.24, 2.45) is 0 Å². The summed E-state index contributed by atoms with van der Waals surface area (Å²) >= 11 is 6.35. The minimum absolute atomic E-state index is 0.0612. The summed E-state index contributed by atoms with van der Waals surface area (Å²) in [5.41, 5.74) is 1.05. The molecule has 2 aromatic heterocycles. The topological polar surface area (TPSA) is 55.1 Å². The third-order valence-electron chi connectivity index (χ3n) is 3.01. The molecular formula is C14H8ClF3N2O2S. The number of fused-ring (bicyclic) bond motifs is 1. The van der Waals surface area contributed by atoms with E-state index in [-0.39, 0.29) is 11.6 Å². The highest BCUT2D eigenvalue weighted by Gasteiger charge is 2.33. The number of aromatic nitrogens is 1. The lowest BCUT2D eigenvalue weighted by Crippen LogP contribution is -2.13. The lowest BCUT2D eigenvalue weighted by atomic mass is 10.1. The average Bonchev–Trinajstić information content (AvgIpc) is 3.07. The lowest BCUT2D eigenvalue weighted by molar-refractivity contribution is -0.134. The van der Waals surface area contributed by atoms with Crippen LogP contribution in [0.4, 0.5) is 18.3 Å². The standard InChI is InChI=1S/C14H8ClF3N2O2S/c15-9-3-1-2-8-7(6-22-12(8)9)4-11(21)20-13-19-5-10(23-13)14(16,17)18/h1-3,5-6H,4H2,(H,19,20,21). The molecule has 1 aromatic carbocycles. The molecule has 0 spiro atoms. The van der Waals surface area contributed by atoms with Gasteiger partial charge < -0.3 is 9.73 Å². The van der Waals surface area contributed by atoms with Crippen molar-refractivity contribution >= 4 is 44.9 Å². The number of amides is 1. The van der Waals surface area contributed by atoms with E-state index in [1.807, 2.05) is 0 Å². The first-order valence-corrected chi connectivity index (χ1v) is 7.51. The van der Waals surface area contributed by atoms with Gasteiger partial charge in [-0.05, 0) is 6.07 Å². The quantitative estimate of drug-likeness (QED) is 0.733. The van der Waals surface area contributed by atoms with Crippen LogP contribution >= 0.6 is 22.9 Å². The van der Waals surface area contributed by atoms with Gasteiger partial charge in [0.15, 0.2) is 10.7 Å². The molecule has 9 heteroatoms. The number of anilines is 1. The number of furan rings is 1. The number of carbonyl (C=O) groups excluding carboxylic acids is 1. The maximum atomic E-state index is 12.5. The van der Waals surface area contributed by atoms with Crippen LogP contribution in [0.3, 0.4) is 0 Å². The van der Waals surface area contributed by atoms with Gasteiger partial charge >= 0.3 is 6.18 Å². The fourth-order valence-electron chi connectivity index (χ4n) is 2.01. The van der Waals surface area contributed by atoms with Gasteiger partial charge in [-0.1, -0.05) is 35.1 Å². The number of carbonyl (C=O) groups is 1. The molecule has 23 heavy (non-hydrogen) atoms. The number of para-hydroxylation sites is 1. The summed E-state index contributed by atoms with van der Waals surface area (Å²) in [4.78, 5) is 14.7. The molecule has 2 heterocycles. The predicted molar refractivity (Wildman–Crippen MR) is 80.7 cm³/mol. The first-order valence-electron chi connectivity index (χ1n) is 6.32. The molecule has 0 saturated heterocycles.